The average molecular weight is 504 g/mol. The first kappa shape index (κ1) is 23.4. The van der Waals surface area contributed by atoms with Crippen LogP contribution in [-0.2, 0) is 11.0 Å². The van der Waals surface area contributed by atoms with Crippen LogP contribution in [0.25, 0.3) is 0 Å². The number of allylic oxidation sites excluding steroid dienone is 3. The van der Waals surface area contributed by atoms with Crippen LogP contribution in [0.5, 0.6) is 0 Å². The van der Waals surface area contributed by atoms with Gasteiger partial charge in [0, 0.05) is 15.1 Å². The van der Waals surface area contributed by atoms with Gasteiger partial charge in [-0.25, -0.2) is 4.21 Å². The molecule has 0 aromatic carbocycles. The molecule has 0 saturated heterocycles. The van der Waals surface area contributed by atoms with E-state index in [0.717, 1.165) is 32.3 Å². The molecule has 0 radical (unpaired) electrons. The van der Waals surface area contributed by atoms with Gasteiger partial charge in [-0.3, -0.25) is 4.98 Å². The molecule has 3 nitrogen and oxygen atoms in total. The zero-order chi connectivity index (χ0) is 20.1. The van der Waals surface area contributed by atoms with Gasteiger partial charge in [-0.1, -0.05) is 17.2 Å². The topological polar surface area (TPSA) is 42.3 Å². The van der Waals surface area contributed by atoms with Crippen molar-refractivity contribution in [3.05, 3.63) is 50.7 Å². The van der Waals surface area contributed by atoms with E-state index in [2.05, 4.69) is 67.7 Å². The predicted octanol–water partition coefficient (Wildman–Crippen LogP) is 6.80. The van der Waals surface area contributed by atoms with Crippen molar-refractivity contribution in [1.82, 2.24) is 4.98 Å². The number of nitrogens with zero attached hydrogens (tertiary/aromatic N) is 2. The molecule has 1 heterocycles. The van der Waals surface area contributed by atoms with Crippen molar-refractivity contribution < 1.29 is 4.21 Å². The van der Waals surface area contributed by atoms with Crippen molar-refractivity contribution >= 4 is 48.6 Å². The van der Waals surface area contributed by atoms with Crippen LogP contribution in [-0.4, -0.2) is 19.7 Å². The van der Waals surface area contributed by atoms with Crippen LogP contribution in [0.2, 0.25) is 0 Å². The number of halogens is 2. The molecule has 0 fully saturated rings. The molecule has 0 aliphatic rings. The summed E-state index contributed by atoms with van der Waals surface area (Å²) >= 11 is 7.01. The molecule has 0 saturated carbocycles. The van der Waals surface area contributed by atoms with E-state index in [0.29, 0.717) is 6.42 Å². The van der Waals surface area contributed by atoms with Crippen molar-refractivity contribution in [3.63, 3.8) is 0 Å². The number of rotatable bonds is 7. The van der Waals surface area contributed by atoms with E-state index in [1.807, 2.05) is 33.8 Å². The number of hydrogen-bond donors (Lipinski definition) is 0. The minimum absolute atomic E-state index is 0.241. The smallest absolute Gasteiger partial charge is 0.145 e. The van der Waals surface area contributed by atoms with Gasteiger partial charge in [-0.2, -0.15) is 4.40 Å². The van der Waals surface area contributed by atoms with Gasteiger partial charge in [-0.15, -0.1) is 6.58 Å². The molecule has 2 unspecified atom stereocenters. The fraction of sp³-hybridized carbons (Fsp3) is 0.500. The van der Waals surface area contributed by atoms with Gasteiger partial charge < -0.3 is 0 Å². The van der Waals surface area contributed by atoms with Crippen LogP contribution >= 0.6 is 31.9 Å². The molecule has 0 spiro atoms. The summed E-state index contributed by atoms with van der Waals surface area (Å²) in [5.41, 5.74) is 3.85. The highest BCUT2D eigenvalue weighted by molar-refractivity contribution is 9.11. The van der Waals surface area contributed by atoms with E-state index in [-0.39, 0.29) is 5.92 Å². The molecule has 1 rings (SSSR count). The van der Waals surface area contributed by atoms with Gasteiger partial charge >= 0.3 is 0 Å². The third-order valence-corrected chi connectivity index (χ3v) is 5.91. The maximum atomic E-state index is 12.7. The van der Waals surface area contributed by atoms with Gasteiger partial charge in [-0.05, 0) is 98.2 Å². The number of pyridine rings is 1. The summed E-state index contributed by atoms with van der Waals surface area (Å²) < 4.78 is 18.6. The molecular weight excluding hydrogens is 476 g/mol. The molecule has 144 valence electrons. The van der Waals surface area contributed by atoms with Crippen LogP contribution in [0.3, 0.4) is 0 Å². The first-order chi connectivity index (χ1) is 11.9. The summed E-state index contributed by atoms with van der Waals surface area (Å²) in [6.45, 7) is 16.0. The Kier molecular flexibility index (Phi) is 9.10. The van der Waals surface area contributed by atoms with Crippen molar-refractivity contribution in [3.8, 4) is 0 Å². The quantitative estimate of drug-likeness (QED) is 0.303. The van der Waals surface area contributed by atoms with Gasteiger partial charge in [0.15, 0.2) is 0 Å². The molecule has 1 aromatic rings. The first-order valence-electron chi connectivity index (χ1n) is 8.50. The summed E-state index contributed by atoms with van der Waals surface area (Å²) in [5, 5.41) is 0. The molecular formula is C20H28Br2N2OS. The Morgan fingerprint density at radius 2 is 1.92 bits per heavy atom. The SMILES string of the molecule is C=C(C)CC(C=C(C)C)CC(=NS(=O)C(C)(C)C)c1ncc(Br)cc1Br. The normalized spacial score (nSPS) is 14.7. The molecule has 0 bridgehead atoms. The minimum atomic E-state index is -1.35. The molecule has 0 aliphatic heterocycles. The lowest BCUT2D eigenvalue weighted by Gasteiger charge is -2.19. The van der Waals surface area contributed by atoms with E-state index in [1.165, 1.54) is 5.57 Å². The van der Waals surface area contributed by atoms with Crippen molar-refractivity contribution in [2.24, 2.45) is 10.3 Å². The van der Waals surface area contributed by atoms with E-state index in [9.17, 15) is 4.21 Å². The van der Waals surface area contributed by atoms with Crippen molar-refractivity contribution in [1.29, 1.82) is 0 Å². The minimum Gasteiger partial charge on any atom is -0.253 e. The van der Waals surface area contributed by atoms with E-state index >= 15 is 0 Å². The van der Waals surface area contributed by atoms with Gasteiger partial charge in [0.1, 0.15) is 11.0 Å². The molecule has 6 heteroatoms. The second-order valence-corrected chi connectivity index (χ2v) is 11.4. The Balaban J connectivity index is 3.39. The van der Waals surface area contributed by atoms with Crippen LogP contribution in [0.15, 0.2) is 49.4 Å². The van der Waals surface area contributed by atoms with Gasteiger partial charge in [0.2, 0.25) is 0 Å². The Morgan fingerprint density at radius 3 is 2.38 bits per heavy atom. The van der Waals surface area contributed by atoms with Crippen LogP contribution in [0, 0.1) is 5.92 Å². The Hall–Kier alpha value is -0.590. The maximum absolute atomic E-state index is 12.7. The molecule has 26 heavy (non-hydrogen) atoms. The molecule has 2 atom stereocenters. The van der Waals surface area contributed by atoms with Gasteiger partial charge in [0.25, 0.3) is 0 Å². The lowest BCUT2D eigenvalue weighted by molar-refractivity contribution is 0.648. The average Bonchev–Trinajstić information content (AvgIpc) is 2.43. The predicted molar refractivity (Wildman–Crippen MR) is 121 cm³/mol. The highest BCUT2D eigenvalue weighted by Gasteiger charge is 2.23. The standard InChI is InChI=1S/C20H28Br2N2OS/c1-13(2)8-15(9-14(3)4)10-18(24-26(25)20(5,6)7)19-17(22)11-16(21)12-23-19/h9,11-12,15H,1,8,10H2,2-7H3. The second kappa shape index (κ2) is 10.1. The Morgan fingerprint density at radius 1 is 1.31 bits per heavy atom. The monoisotopic (exact) mass is 502 g/mol. The molecule has 1 aromatic heterocycles. The summed E-state index contributed by atoms with van der Waals surface area (Å²) in [6, 6.07) is 1.94. The lowest BCUT2D eigenvalue weighted by Crippen LogP contribution is -2.22. The summed E-state index contributed by atoms with van der Waals surface area (Å²) in [5.74, 6) is 0.241. The number of aromatic nitrogens is 1. The van der Waals surface area contributed by atoms with Crippen LogP contribution < -0.4 is 0 Å². The fourth-order valence-corrected chi connectivity index (χ4v) is 4.25. The fourth-order valence-electron chi connectivity index (χ4n) is 2.40. The summed E-state index contributed by atoms with van der Waals surface area (Å²) in [7, 11) is -1.35. The van der Waals surface area contributed by atoms with Crippen LogP contribution in [0.4, 0.5) is 0 Å². The third kappa shape index (κ3) is 7.97. The summed E-state index contributed by atoms with van der Waals surface area (Å²) in [4.78, 5) is 4.52. The van der Waals surface area contributed by atoms with Crippen molar-refractivity contribution in [2.45, 2.75) is 59.1 Å². The van der Waals surface area contributed by atoms with Crippen LogP contribution in [0.1, 0.15) is 60.1 Å². The first-order valence-corrected chi connectivity index (χ1v) is 11.2. The molecule has 0 amide bonds. The van der Waals surface area contributed by atoms with Gasteiger partial charge in [0.05, 0.1) is 16.2 Å². The molecule has 0 aliphatic carbocycles. The highest BCUT2D eigenvalue weighted by atomic mass is 79.9. The third-order valence-electron chi connectivity index (χ3n) is 3.43. The van der Waals surface area contributed by atoms with E-state index < -0.39 is 15.7 Å². The Bertz CT molecular complexity index is 745. The summed E-state index contributed by atoms with van der Waals surface area (Å²) in [6.07, 6.45) is 5.49. The zero-order valence-corrected chi connectivity index (χ0v) is 20.4. The van der Waals surface area contributed by atoms with E-state index in [1.54, 1.807) is 6.20 Å². The zero-order valence-electron chi connectivity index (χ0n) is 16.4. The molecule has 0 N–H and O–H groups in total. The number of hydrogen-bond acceptors (Lipinski definition) is 2. The maximum Gasteiger partial charge on any atom is 0.145 e. The largest absolute Gasteiger partial charge is 0.253 e. The van der Waals surface area contributed by atoms with E-state index in [4.69, 9.17) is 0 Å². The highest BCUT2D eigenvalue weighted by Crippen LogP contribution is 2.26. The van der Waals surface area contributed by atoms with Crippen molar-refractivity contribution in [2.75, 3.05) is 0 Å². The second-order valence-electron chi connectivity index (χ2n) is 7.75. The lowest BCUT2D eigenvalue weighted by atomic mass is 9.92. The Labute approximate surface area is 177 Å².